The molecule has 0 fully saturated rings. The Hall–Kier alpha value is -2.20. The molecule has 1 aromatic carbocycles. The molecule has 2 aromatic heterocycles. The number of aromatic nitrogens is 1. The molecule has 0 spiro atoms. The standard InChI is InChI=1S/C17H16N2OS/c20-17(10-1-5-13-6-4-12-21-13)19-16-9-2-8-15-14(16)7-3-11-18-15/h2-4,6-9,11-12H,1,5,10H2,(H,19,20). The number of fused-ring (bicyclic) bond motifs is 1. The number of pyridine rings is 1. The predicted octanol–water partition coefficient (Wildman–Crippen LogP) is 4.26. The largest absolute Gasteiger partial charge is 0.325 e. The first-order valence-electron chi connectivity index (χ1n) is 6.99. The Kier molecular flexibility index (Phi) is 4.26. The van der Waals surface area contributed by atoms with Gasteiger partial charge in [-0.05, 0) is 48.6 Å². The molecule has 3 nitrogen and oxygen atoms in total. The lowest BCUT2D eigenvalue weighted by atomic mass is 10.1. The second-order valence-electron chi connectivity index (χ2n) is 4.86. The van der Waals surface area contributed by atoms with E-state index in [4.69, 9.17) is 0 Å². The van der Waals surface area contributed by atoms with Gasteiger partial charge in [0, 0.05) is 22.9 Å². The van der Waals surface area contributed by atoms with Crippen LogP contribution in [0.25, 0.3) is 10.9 Å². The van der Waals surface area contributed by atoms with Crippen LogP contribution in [0.1, 0.15) is 17.7 Å². The maximum Gasteiger partial charge on any atom is 0.224 e. The molecule has 0 radical (unpaired) electrons. The van der Waals surface area contributed by atoms with Crippen LogP contribution in [-0.2, 0) is 11.2 Å². The Bertz CT molecular complexity index is 732. The van der Waals surface area contributed by atoms with E-state index in [-0.39, 0.29) is 5.91 Å². The summed E-state index contributed by atoms with van der Waals surface area (Å²) >= 11 is 1.74. The van der Waals surface area contributed by atoms with Gasteiger partial charge in [0.05, 0.1) is 11.2 Å². The molecule has 0 aliphatic carbocycles. The molecule has 3 rings (SSSR count). The number of hydrogen-bond acceptors (Lipinski definition) is 3. The van der Waals surface area contributed by atoms with Gasteiger partial charge in [0.1, 0.15) is 0 Å². The minimum absolute atomic E-state index is 0.0582. The molecule has 0 atom stereocenters. The van der Waals surface area contributed by atoms with Crippen LogP contribution in [0, 0.1) is 0 Å². The number of rotatable bonds is 5. The Morgan fingerprint density at radius 1 is 1.14 bits per heavy atom. The fourth-order valence-electron chi connectivity index (χ4n) is 2.30. The summed E-state index contributed by atoms with van der Waals surface area (Å²) in [5, 5.41) is 6.04. The summed E-state index contributed by atoms with van der Waals surface area (Å²) in [5.41, 5.74) is 1.73. The van der Waals surface area contributed by atoms with Gasteiger partial charge in [-0.2, -0.15) is 0 Å². The highest BCUT2D eigenvalue weighted by Crippen LogP contribution is 2.21. The summed E-state index contributed by atoms with van der Waals surface area (Å²) in [7, 11) is 0. The van der Waals surface area contributed by atoms with E-state index >= 15 is 0 Å². The maximum absolute atomic E-state index is 12.1. The van der Waals surface area contributed by atoms with Crippen molar-refractivity contribution in [3.05, 3.63) is 58.9 Å². The molecule has 0 aliphatic rings. The third-order valence-electron chi connectivity index (χ3n) is 3.33. The molecule has 3 aromatic rings. The number of nitrogens with zero attached hydrogens (tertiary/aromatic N) is 1. The van der Waals surface area contributed by atoms with E-state index in [1.807, 2.05) is 36.4 Å². The first-order chi connectivity index (χ1) is 10.3. The molecule has 0 aliphatic heterocycles. The first-order valence-corrected chi connectivity index (χ1v) is 7.87. The van der Waals surface area contributed by atoms with Gasteiger partial charge >= 0.3 is 0 Å². The van der Waals surface area contributed by atoms with Crippen LogP contribution in [-0.4, -0.2) is 10.9 Å². The van der Waals surface area contributed by atoms with E-state index in [0.29, 0.717) is 6.42 Å². The number of hydrogen-bond donors (Lipinski definition) is 1. The van der Waals surface area contributed by atoms with Crippen molar-refractivity contribution in [2.45, 2.75) is 19.3 Å². The van der Waals surface area contributed by atoms with Crippen molar-refractivity contribution in [1.29, 1.82) is 0 Å². The Morgan fingerprint density at radius 2 is 2.10 bits per heavy atom. The zero-order chi connectivity index (χ0) is 14.5. The van der Waals surface area contributed by atoms with Crippen molar-refractivity contribution in [3.63, 3.8) is 0 Å². The maximum atomic E-state index is 12.1. The van der Waals surface area contributed by atoms with E-state index in [9.17, 15) is 4.79 Å². The summed E-state index contributed by atoms with van der Waals surface area (Å²) in [4.78, 5) is 17.7. The zero-order valence-corrected chi connectivity index (χ0v) is 12.4. The third-order valence-corrected chi connectivity index (χ3v) is 4.26. The van der Waals surface area contributed by atoms with Gasteiger partial charge in [0.25, 0.3) is 0 Å². The lowest BCUT2D eigenvalue weighted by Crippen LogP contribution is -2.11. The highest BCUT2D eigenvalue weighted by molar-refractivity contribution is 7.09. The number of amides is 1. The van der Waals surface area contributed by atoms with Crippen LogP contribution >= 0.6 is 11.3 Å². The fourth-order valence-corrected chi connectivity index (χ4v) is 3.05. The number of anilines is 1. The van der Waals surface area contributed by atoms with E-state index in [1.165, 1.54) is 4.88 Å². The van der Waals surface area contributed by atoms with E-state index in [2.05, 4.69) is 21.7 Å². The SMILES string of the molecule is O=C(CCCc1cccs1)Nc1cccc2ncccc12. The topological polar surface area (TPSA) is 42.0 Å². The van der Waals surface area contributed by atoms with Crippen molar-refractivity contribution in [1.82, 2.24) is 4.98 Å². The zero-order valence-electron chi connectivity index (χ0n) is 11.6. The van der Waals surface area contributed by atoms with Crippen LogP contribution in [0.4, 0.5) is 5.69 Å². The summed E-state index contributed by atoms with van der Waals surface area (Å²) in [6.07, 6.45) is 4.13. The molecule has 0 saturated heterocycles. The predicted molar refractivity (Wildman–Crippen MR) is 87.6 cm³/mol. The molecular formula is C17H16N2OS. The monoisotopic (exact) mass is 296 g/mol. The molecule has 2 heterocycles. The van der Waals surface area contributed by atoms with Gasteiger partial charge in [-0.15, -0.1) is 11.3 Å². The van der Waals surface area contributed by atoms with Crippen molar-refractivity contribution in [3.8, 4) is 0 Å². The molecular weight excluding hydrogens is 280 g/mol. The lowest BCUT2D eigenvalue weighted by Gasteiger charge is -2.08. The average Bonchev–Trinajstić information content (AvgIpc) is 3.01. The second kappa shape index (κ2) is 6.50. The van der Waals surface area contributed by atoms with Gasteiger partial charge < -0.3 is 5.32 Å². The van der Waals surface area contributed by atoms with Gasteiger partial charge in [-0.25, -0.2) is 0 Å². The van der Waals surface area contributed by atoms with Crippen molar-refractivity contribution in [2.24, 2.45) is 0 Å². The van der Waals surface area contributed by atoms with Crippen LogP contribution < -0.4 is 5.32 Å². The number of nitrogens with one attached hydrogen (secondary N) is 1. The Morgan fingerprint density at radius 3 is 2.95 bits per heavy atom. The second-order valence-corrected chi connectivity index (χ2v) is 5.89. The average molecular weight is 296 g/mol. The van der Waals surface area contributed by atoms with Crippen molar-refractivity contribution in [2.75, 3.05) is 5.32 Å². The van der Waals surface area contributed by atoms with Crippen molar-refractivity contribution < 1.29 is 4.79 Å². The van der Waals surface area contributed by atoms with Crippen LogP contribution in [0.5, 0.6) is 0 Å². The molecule has 1 N–H and O–H groups in total. The molecule has 1 amide bonds. The summed E-state index contributed by atoms with van der Waals surface area (Å²) < 4.78 is 0. The summed E-state index contributed by atoms with van der Waals surface area (Å²) in [6.45, 7) is 0. The summed E-state index contributed by atoms with van der Waals surface area (Å²) in [6, 6.07) is 13.8. The molecule has 0 bridgehead atoms. The molecule has 4 heteroatoms. The summed E-state index contributed by atoms with van der Waals surface area (Å²) in [5.74, 6) is 0.0582. The quantitative estimate of drug-likeness (QED) is 0.764. The fraction of sp³-hybridized carbons (Fsp3) is 0.176. The normalized spacial score (nSPS) is 10.7. The number of aryl methyl sites for hydroxylation is 1. The number of carbonyl (C=O) groups is 1. The highest BCUT2D eigenvalue weighted by atomic mass is 32.1. The minimum Gasteiger partial charge on any atom is -0.325 e. The number of carbonyl (C=O) groups excluding carboxylic acids is 1. The molecule has 21 heavy (non-hydrogen) atoms. The first kappa shape index (κ1) is 13.8. The van der Waals surface area contributed by atoms with E-state index in [1.54, 1.807) is 17.5 Å². The number of thiophene rings is 1. The minimum atomic E-state index is 0.0582. The number of benzene rings is 1. The van der Waals surface area contributed by atoms with E-state index < -0.39 is 0 Å². The van der Waals surface area contributed by atoms with Gasteiger partial charge in [0.15, 0.2) is 0 Å². The van der Waals surface area contributed by atoms with Crippen molar-refractivity contribution >= 4 is 33.8 Å². The Labute approximate surface area is 127 Å². The molecule has 0 saturated carbocycles. The van der Waals surface area contributed by atoms with Crippen LogP contribution in [0.3, 0.4) is 0 Å². The lowest BCUT2D eigenvalue weighted by molar-refractivity contribution is -0.116. The molecule has 0 unspecified atom stereocenters. The third kappa shape index (κ3) is 3.47. The smallest absolute Gasteiger partial charge is 0.224 e. The van der Waals surface area contributed by atoms with E-state index in [0.717, 1.165) is 29.4 Å². The highest BCUT2D eigenvalue weighted by Gasteiger charge is 2.06. The van der Waals surface area contributed by atoms with Crippen LogP contribution in [0.2, 0.25) is 0 Å². The molecule has 106 valence electrons. The van der Waals surface area contributed by atoms with Gasteiger partial charge in [0.2, 0.25) is 5.91 Å². The van der Waals surface area contributed by atoms with Crippen LogP contribution in [0.15, 0.2) is 54.0 Å². The van der Waals surface area contributed by atoms with Gasteiger partial charge in [-0.1, -0.05) is 12.1 Å². The Balaban J connectivity index is 1.61. The van der Waals surface area contributed by atoms with Gasteiger partial charge in [-0.3, -0.25) is 9.78 Å².